The van der Waals surface area contributed by atoms with E-state index in [4.69, 9.17) is 4.74 Å². The first-order chi connectivity index (χ1) is 8.11. The molecule has 0 bridgehead atoms. The molecule has 1 saturated carbocycles. The molecule has 0 radical (unpaired) electrons. The summed E-state index contributed by atoms with van der Waals surface area (Å²) in [6.45, 7) is 6.56. The fourth-order valence-electron chi connectivity index (χ4n) is 3.49. The zero-order chi connectivity index (χ0) is 11.9. The van der Waals surface area contributed by atoms with Gasteiger partial charge in [-0.25, -0.2) is 0 Å². The molecule has 94 valence electrons. The predicted octanol–water partition coefficient (Wildman–Crippen LogP) is 3.36. The number of morpholine rings is 1. The maximum absolute atomic E-state index is 6.24. The van der Waals surface area contributed by atoms with Crippen LogP contribution in [0.3, 0.4) is 0 Å². The molecule has 3 heteroatoms. The molecule has 1 aliphatic heterocycles. The van der Waals surface area contributed by atoms with Gasteiger partial charge in [0.2, 0.25) is 0 Å². The highest BCUT2D eigenvalue weighted by Crippen LogP contribution is 2.52. The topological polar surface area (TPSA) is 21.3 Å². The molecular weight excluding hydrogens is 230 g/mol. The third kappa shape index (κ3) is 2.05. The molecule has 2 unspecified atom stereocenters. The standard InChI is InChI=1S/C14H21NOS/c1-13(2)4-5-14(10-13)12(15-6-7-16-14)11-3-8-17-9-11/h3,8-9,12,15H,4-7,10H2,1-2H3. The van der Waals surface area contributed by atoms with Gasteiger partial charge in [-0.1, -0.05) is 13.8 Å². The van der Waals surface area contributed by atoms with Crippen molar-refractivity contribution in [2.45, 2.75) is 44.8 Å². The Hall–Kier alpha value is -0.380. The van der Waals surface area contributed by atoms with Crippen molar-refractivity contribution < 1.29 is 4.74 Å². The molecule has 2 aliphatic rings. The Labute approximate surface area is 107 Å². The van der Waals surface area contributed by atoms with Crippen molar-refractivity contribution in [1.29, 1.82) is 0 Å². The van der Waals surface area contributed by atoms with E-state index in [9.17, 15) is 0 Å². The lowest BCUT2D eigenvalue weighted by Crippen LogP contribution is -2.51. The summed E-state index contributed by atoms with van der Waals surface area (Å²) >= 11 is 1.78. The summed E-state index contributed by atoms with van der Waals surface area (Å²) in [4.78, 5) is 0. The number of hydrogen-bond acceptors (Lipinski definition) is 3. The Balaban J connectivity index is 1.91. The summed E-state index contributed by atoms with van der Waals surface area (Å²) in [7, 11) is 0. The average Bonchev–Trinajstić information content (AvgIpc) is 2.88. The first-order valence-electron chi connectivity index (χ1n) is 6.51. The lowest BCUT2D eigenvalue weighted by molar-refractivity contribution is -0.0986. The van der Waals surface area contributed by atoms with Crippen LogP contribution in [0.1, 0.15) is 44.7 Å². The normalized spacial score (nSPS) is 36.5. The summed E-state index contributed by atoms with van der Waals surface area (Å²) < 4.78 is 6.24. The van der Waals surface area contributed by atoms with Crippen LogP contribution in [0.25, 0.3) is 0 Å². The van der Waals surface area contributed by atoms with Crippen molar-refractivity contribution in [1.82, 2.24) is 5.32 Å². The molecule has 3 rings (SSSR count). The summed E-state index contributed by atoms with van der Waals surface area (Å²) in [5.74, 6) is 0. The van der Waals surface area contributed by atoms with Crippen LogP contribution in [0, 0.1) is 5.41 Å². The second-order valence-electron chi connectivity index (χ2n) is 6.20. The van der Waals surface area contributed by atoms with Gasteiger partial charge >= 0.3 is 0 Å². The molecule has 1 N–H and O–H groups in total. The van der Waals surface area contributed by atoms with Gasteiger partial charge in [-0.05, 0) is 47.1 Å². The van der Waals surface area contributed by atoms with Crippen molar-refractivity contribution in [3.05, 3.63) is 22.4 Å². The third-order valence-corrected chi connectivity index (χ3v) is 4.95. The van der Waals surface area contributed by atoms with Gasteiger partial charge in [-0.3, -0.25) is 0 Å². The van der Waals surface area contributed by atoms with Gasteiger partial charge in [0, 0.05) is 6.54 Å². The Morgan fingerprint density at radius 1 is 1.41 bits per heavy atom. The third-order valence-electron chi connectivity index (χ3n) is 4.25. The summed E-state index contributed by atoms with van der Waals surface area (Å²) in [6.07, 6.45) is 3.64. The Morgan fingerprint density at radius 2 is 2.29 bits per heavy atom. The zero-order valence-electron chi connectivity index (χ0n) is 10.7. The molecule has 17 heavy (non-hydrogen) atoms. The Kier molecular flexibility index (Phi) is 2.80. The lowest BCUT2D eigenvalue weighted by Gasteiger charge is -2.43. The SMILES string of the molecule is CC1(C)CCC2(C1)OCCNC2c1ccsc1. The number of nitrogens with one attached hydrogen (secondary N) is 1. The van der Waals surface area contributed by atoms with Gasteiger partial charge in [-0.15, -0.1) is 0 Å². The van der Waals surface area contributed by atoms with E-state index in [-0.39, 0.29) is 5.60 Å². The van der Waals surface area contributed by atoms with E-state index in [1.54, 1.807) is 11.3 Å². The molecule has 0 aromatic carbocycles. The zero-order valence-corrected chi connectivity index (χ0v) is 11.5. The van der Waals surface area contributed by atoms with Crippen LogP contribution in [0.5, 0.6) is 0 Å². The quantitative estimate of drug-likeness (QED) is 0.826. The average molecular weight is 251 g/mol. The Morgan fingerprint density at radius 3 is 2.94 bits per heavy atom. The van der Waals surface area contributed by atoms with Gasteiger partial charge < -0.3 is 10.1 Å². The molecule has 1 aromatic rings. The number of hydrogen-bond donors (Lipinski definition) is 1. The Bertz CT molecular complexity index is 387. The highest BCUT2D eigenvalue weighted by Gasteiger charge is 2.51. The summed E-state index contributed by atoms with van der Waals surface area (Å²) in [5.41, 5.74) is 1.88. The van der Waals surface area contributed by atoms with Crippen molar-refractivity contribution in [3.8, 4) is 0 Å². The number of rotatable bonds is 1. The molecule has 2 fully saturated rings. The van der Waals surface area contributed by atoms with Gasteiger partial charge in [0.1, 0.15) is 0 Å². The van der Waals surface area contributed by atoms with Crippen molar-refractivity contribution in [2.24, 2.45) is 5.41 Å². The van der Waals surface area contributed by atoms with Crippen LogP contribution >= 0.6 is 11.3 Å². The molecule has 2 nitrogen and oxygen atoms in total. The first-order valence-corrected chi connectivity index (χ1v) is 7.45. The van der Waals surface area contributed by atoms with E-state index < -0.39 is 0 Å². The van der Waals surface area contributed by atoms with Gasteiger partial charge in [-0.2, -0.15) is 11.3 Å². The van der Waals surface area contributed by atoms with Crippen molar-refractivity contribution >= 4 is 11.3 Å². The van der Waals surface area contributed by atoms with E-state index in [1.807, 2.05) is 0 Å². The van der Waals surface area contributed by atoms with Crippen LogP contribution in [0.15, 0.2) is 16.8 Å². The predicted molar refractivity (Wildman–Crippen MR) is 71.4 cm³/mol. The molecular formula is C14H21NOS. The summed E-state index contributed by atoms with van der Waals surface area (Å²) in [6, 6.07) is 2.63. The van der Waals surface area contributed by atoms with Gasteiger partial charge in [0.05, 0.1) is 18.2 Å². The minimum atomic E-state index is 0.0445. The second-order valence-corrected chi connectivity index (χ2v) is 6.98. The smallest absolute Gasteiger partial charge is 0.0882 e. The minimum absolute atomic E-state index is 0.0445. The molecule has 2 atom stereocenters. The largest absolute Gasteiger partial charge is 0.372 e. The lowest BCUT2D eigenvalue weighted by atomic mass is 9.82. The highest BCUT2D eigenvalue weighted by atomic mass is 32.1. The van der Waals surface area contributed by atoms with Gasteiger partial charge in [0.15, 0.2) is 0 Å². The van der Waals surface area contributed by atoms with Crippen LogP contribution < -0.4 is 5.32 Å². The number of thiophene rings is 1. The fraction of sp³-hybridized carbons (Fsp3) is 0.714. The van der Waals surface area contributed by atoms with Crippen molar-refractivity contribution in [3.63, 3.8) is 0 Å². The molecule has 0 amide bonds. The van der Waals surface area contributed by atoms with Crippen LogP contribution in [-0.4, -0.2) is 18.8 Å². The maximum atomic E-state index is 6.24. The van der Waals surface area contributed by atoms with Gasteiger partial charge in [0.25, 0.3) is 0 Å². The second kappa shape index (κ2) is 4.08. The molecule has 1 spiro atoms. The fourth-order valence-corrected chi connectivity index (χ4v) is 4.18. The van der Waals surface area contributed by atoms with Crippen LogP contribution in [0.4, 0.5) is 0 Å². The van der Waals surface area contributed by atoms with Crippen LogP contribution in [-0.2, 0) is 4.74 Å². The molecule has 1 aromatic heterocycles. The summed E-state index contributed by atoms with van der Waals surface area (Å²) in [5, 5.41) is 8.10. The minimum Gasteiger partial charge on any atom is -0.372 e. The highest BCUT2D eigenvalue weighted by molar-refractivity contribution is 7.07. The van der Waals surface area contributed by atoms with Crippen LogP contribution in [0.2, 0.25) is 0 Å². The molecule has 1 saturated heterocycles. The molecule has 1 aliphatic carbocycles. The van der Waals surface area contributed by atoms with Crippen molar-refractivity contribution in [2.75, 3.05) is 13.2 Å². The monoisotopic (exact) mass is 251 g/mol. The number of ether oxygens (including phenoxy) is 1. The van der Waals surface area contributed by atoms with E-state index in [1.165, 1.54) is 24.8 Å². The van der Waals surface area contributed by atoms with E-state index in [0.717, 1.165) is 13.2 Å². The molecule has 2 heterocycles. The van der Waals surface area contributed by atoms with E-state index in [0.29, 0.717) is 11.5 Å². The van der Waals surface area contributed by atoms with E-state index in [2.05, 4.69) is 36.0 Å². The maximum Gasteiger partial charge on any atom is 0.0882 e. The van der Waals surface area contributed by atoms with E-state index >= 15 is 0 Å². The first kappa shape index (κ1) is 11.7.